The van der Waals surface area contributed by atoms with Crippen LogP contribution in [-0.2, 0) is 6.54 Å². The zero-order chi connectivity index (χ0) is 20.5. The molecule has 0 radical (unpaired) electrons. The monoisotopic (exact) mass is 408 g/mol. The lowest BCUT2D eigenvalue weighted by Gasteiger charge is -2.33. The first-order valence-corrected chi connectivity index (χ1v) is 10.8. The van der Waals surface area contributed by atoms with Crippen LogP contribution in [0.5, 0.6) is 0 Å². The molecule has 5 heterocycles. The maximum atomic E-state index is 12.8. The van der Waals surface area contributed by atoms with Gasteiger partial charge in [-0.05, 0) is 44.4 Å². The number of aromatic nitrogens is 4. The van der Waals surface area contributed by atoms with Crippen molar-refractivity contribution in [3.05, 3.63) is 58.8 Å². The van der Waals surface area contributed by atoms with Crippen LogP contribution in [0.4, 0.5) is 5.69 Å². The summed E-state index contributed by atoms with van der Waals surface area (Å²) in [5.41, 5.74) is 3.16. The summed E-state index contributed by atoms with van der Waals surface area (Å²) < 4.78 is 3.56. The second kappa shape index (κ2) is 8.20. The summed E-state index contributed by atoms with van der Waals surface area (Å²) in [6.45, 7) is 4.19. The van der Waals surface area contributed by atoms with Gasteiger partial charge in [-0.25, -0.2) is 9.20 Å². The topological polar surface area (TPSA) is 78.9 Å². The lowest BCUT2D eigenvalue weighted by molar-refractivity contribution is 0.145. The number of piperidine rings is 2. The van der Waals surface area contributed by atoms with Crippen LogP contribution in [0.2, 0.25) is 0 Å². The predicted molar refractivity (Wildman–Crippen MR) is 115 cm³/mol. The maximum absolute atomic E-state index is 12.8. The van der Waals surface area contributed by atoms with E-state index in [1.807, 2.05) is 35.2 Å². The van der Waals surface area contributed by atoms with Gasteiger partial charge in [-0.3, -0.25) is 9.69 Å². The molecule has 0 bridgehead atoms. The Hall–Kier alpha value is -2.71. The normalized spacial score (nSPS) is 21.4. The molecule has 1 N–H and O–H groups in total. The van der Waals surface area contributed by atoms with E-state index in [4.69, 9.17) is 0 Å². The molecule has 2 fully saturated rings. The van der Waals surface area contributed by atoms with Crippen molar-refractivity contribution in [3.63, 3.8) is 0 Å². The molecule has 2 aliphatic rings. The molecule has 0 amide bonds. The van der Waals surface area contributed by atoms with E-state index in [0.29, 0.717) is 0 Å². The minimum Gasteiger partial charge on any atom is -0.393 e. The van der Waals surface area contributed by atoms with Gasteiger partial charge < -0.3 is 10.0 Å². The van der Waals surface area contributed by atoms with Crippen LogP contribution in [0.3, 0.4) is 0 Å². The van der Waals surface area contributed by atoms with Crippen molar-refractivity contribution in [2.45, 2.75) is 44.4 Å². The van der Waals surface area contributed by atoms with E-state index in [2.05, 4.69) is 26.1 Å². The molecule has 158 valence electrons. The Morgan fingerprint density at radius 3 is 2.77 bits per heavy atom. The summed E-state index contributed by atoms with van der Waals surface area (Å²) in [5, 5.41) is 18.7. The first kappa shape index (κ1) is 19.3. The first-order valence-electron chi connectivity index (χ1n) is 10.8. The molecule has 2 aliphatic heterocycles. The van der Waals surface area contributed by atoms with Gasteiger partial charge in [-0.2, -0.15) is 10.2 Å². The molecule has 0 aromatic carbocycles. The lowest BCUT2D eigenvalue weighted by atomic mass is 10.0. The number of hydrogen-bond donors (Lipinski definition) is 1. The summed E-state index contributed by atoms with van der Waals surface area (Å²) in [7, 11) is 0. The molecule has 3 aromatic heterocycles. The Kier molecular flexibility index (Phi) is 5.26. The molecule has 0 spiro atoms. The minimum atomic E-state index is -0.226. The molecular formula is C22H28N6O2. The Labute approximate surface area is 175 Å². The highest BCUT2D eigenvalue weighted by molar-refractivity contribution is 5.53. The standard InChI is InChI=1S/C22H28N6O2/c29-20-6-10-26(11-7-20)19-12-22(30)28(24-14-19)18-4-3-8-25(16-18)15-17-13-23-27-9-2-1-5-21(17)27/h1-2,5,9,12-14,18,20,29H,3-4,6-8,10-11,15-16H2/t18-/m0/s1. The first-order chi connectivity index (χ1) is 14.7. The molecule has 1 atom stereocenters. The fourth-order valence-corrected chi connectivity index (χ4v) is 4.70. The van der Waals surface area contributed by atoms with Gasteiger partial charge in [0, 0.05) is 44.0 Å². The highest BCUT2D eigenvalue weighted by atomic mass is 16.3. The van der Waals surface area contributed by atoms with Crippen molar-refractivity contribution in [2.75, 3.05) is 31.1 Å². The van der Waals surface area contributed by atoms with Crippen LogP contribution in [-0.4, -0.2) is 61.7 Å². The summed E-state index contributed by atoms with van der Waals surface area (Å²) in [5.74, 6) is 0. The molecule has 8 nitrogen and oxygen atoms in total. The van der Waals surface area contributed by atoms with Gasteiger partial charge in [0.1, 0.15) is 0 Å². The Morgan fingerprint density at radius 2 is 1.93 bits per heavy atom. The van der Waals surface area contributed by atoms with E-state index < -0.39 is 0 Å². The number of aliphatic hydroxyl groups excluding tert-OH is 1. The number of pyridine rings is 1. The Balaban J connectivity index is 1.29. The molecular weight excluding hydrogens is 380 g/mol. The number of likely N-dealkylation sites (tertiary alicyclic amines) is 1. The lowest BCUT2D eigenvalue weighted by Crippen LogP contribution is -2.41. The van der Waals surface area contributed by atoms with Gasteiger partial charge in [0.05, 0.1) is 35.7 Å². The smallest absolute Gasteiger partial charge is 0.269 e. The number of rotatable bonds is 4. The van der Waals surface area contributed by atoms with Crippen LogP contribution >= 0.6 is 0 Å². The number of nitrogens with zero attached hydrogens (tertiary/aromatic N) is 6. The SMILES string of the molecule is O=c1cc(N2CCC(O)CC2)cnn1[C@H]1CCCN(Cc2cnn3ccccc23)C1. The van der Waals surface area contributed by atoms with Gasteiger partial charge in [0.15, 0.2) is 0 Å². The van der Waals surface area contributed by atoms with Crippen molar-refractivity contribution in [1.82, 2.24) is 24.3 Å². The molecule has 3 aromatic rings. The largest absolute Gasteiger partial charge is 0.393 e. The van der Waals surface area contributed by atoms with Gasteiger partial charge in [-0.15, -0.1) is 0 Å². The van der Waals surface area contributed by atoms with Crippen LogP contribution in [0.25, 0.3) is 5.52 Å². The third-order valence-corrected chi connectivity index (χ3v) is 6.37. The summed E-state index contributed by atoms with van der Waals surface area (Å²) >= 11 is 0. The predicted octanol–water partition coefficient (Wildman–Crippen LogP) is 1.69. The van der Waals surface area contributed by atoms with Crippen molar-refractivity contribution in [1.29, 1.82) is 0 Å². The zero-order valence-electron chi connectivity index (χ0n) is 17.1. The van der Waals surface area contributed by atoms with Crippen LogP contribution < -0.4 is 10.5 Å². The van der Waals surface area contributed by atoms with Gasteiger partial charge in [-0.1, -0.05) is 6.07 Å². The molecule has 30 heavy (non-hydrogen) atoms. The van der Waals surface area contributed by atoms with Crippen LogP contribution in [0.1, 0.15) is 37.3 Å². The highest BCUT2D eigenvalue weighted by Crippen LogP contribution is 2.23. The fourth-order valence-electron chi connectivity index (χ4n) is 4.70. The van der Waals surface area contributed by atoms with Crippen molar-refractivity contribution in [3.8, 4) is 0 Å². The molecule has 0 aliphatic carbocycles. The van der Waals surface area contributed by atoms with Gasteiger partial charge >= 0.3 is 0 Å². The van der Waals surface area contributed by atoms with E-state index in [1.54, 1.807) is 10.7 Å². The summed E-state index contributed by atoms with van der Waals surface area (Å²) in [4.78, 5) is 17.4. The van der Waals surface area contributed by atoms with Crippen molar-refractivity contribution < 1.29 is 5.11 Å². The van der Waals surface area contributed by atoms with Crippen molar-refractivity contribution >= 4 is 11.2 Å². The molecule has 5 rings (SSSR count). The molecule has 0 unspecified atom stereocenters. The average Bonchev–Trinajstić information content (AvgIpc) is 3.17. The minimum absolute atomic E-state index is 0.0403. The van der Waals surface area contributed by atoms with Crippen molar-refractivity contribution in [2.24, 2.45) is 0 Å². The zero-order valence-corrected chi connectivity index (χ0v) is 17.1. The van der Waals surface area contributed by atoms with E-state index >= 15 is 0 Å². The highest BCUT2D eigenvalue weighted by Gasteiger charge is 2.25. The van der Waals surface area contributed by atoms with E-state index in [9.17, 15) is 9.90 Å². The molecule has 0 saturated carbocycles. The maximum Gasteiger partial charge on any atom is 0.269 e. The number of anilines is 1. The summed E-state index contributed by atoms with van der Waals surface area (Å²) in [6, 6.07) is 7.90. The number of hydrogen-bond acceptors (Lipinski definition) is 6. The molecule has 8 heteroatoms. The Bertz CT molecular complexity index is 1070. The van der Waals surface area contributed by atoms with Gasteiger partial charge in [0.2, 0.25) is 0 Å². The fraction of sp³-hybridized carbons (Fsp3) is 0.500. The third-order valence-electron chi connectivity index (χ3n) is 6.37. The number of aliphatic hydroxyl groups is 1. The van der Waals surface area contributed by atoms with E-state index in [0.717, 1.165) is 69.6 Å². The number of fused-ring (bicyclic) bond motifs is 1. The third kappa shape index (κ3) is 3.85. The van der Waals surface area contributed by atoms with E-state index in [1.165, 1.54) is 5.56 Å². The quantitative estimate of drug-likeness (QED) is 0.708. The second-order valence-electron chi connectivity index (χ2n) is 8.45. The van der Waals surface area contributed by atoms with Crippen LogP contribution in [0, 0.1) is 0 Å². The van der Waals surface area contributed by atoms with Crippen LogP contribution in [0.15, 0.2) is 47.7 Å². The second-order valence-corrected chi connectivity index (χ2v) is 8.45. The van der Waals surface area contributed by atoms with E-state index in [-0.39, 0.29) is 17.7 Å². The Morgan fingerprint density at radius 1 is 1.07 bits per heavy atom. The van der Waals surface area contributed by atoms with Gasteiger partial charge in [0.25, 0.3) is 5.56 Å². The summed E-state index contributed by atoms with van der Waals surface area (Å²) in [6.07, 6.45) is 8.98. The molecule has 2 saturated heterocycles. The average molecular weight is 409 g/mol.